The predicted octanol–water partition coefficient (Wildman–Crippen LogP) is 4.99. The molecule has 10 nitrogen and oxygen atoms in total. The first kappa shape index (κ1) is 30.1. The molecule has 1 aliphatic heterocycles. The van der Waals surface area contributed by atoms with Gasteiger partial charge in [0.15, 0.2) is 11.5 Å². The van der Waals surface area contributed by atoms with Crippen LogP contribution >= 0.6 is 11.6 Å². The summed E-state index contributed by atoms with van der Waals surface area (Å²) in [6.45, 7) is 3.28. The third kappa shape index (κ3) is 6.41. The number of carbonyl (C=O) groups is 1. The summed E-state index contributed by atoms with van der Waals surface area (Å²) in [7, 11) is 1.48. The fraction of sp³-hybridized carbons (Fsp3) is 0.345. The molecule has 0 fully saturated rings. The van der Waals surface area contributed by atoms with Crippen molar-refractivity contribution in [3.63, 3.8) is 0 Å². The molecule has 3 aromatic carbocycles. The van der Waals surface area contributed by atoms with E-state index >= 15 is 0 Å². The van der Waals surface area contributed by atoms with Gasteiger partial charge in [0.1, 0.15) is 29.4 Å². The average Bonchev–Trinajstić information content (AvgIpc) is 2.94. The first-order valence-corrected chi connectivity index (χ1v) is 14.5. The molecule has 220 valence electrons. The highest BCUT2D eigenvalue weighted by Gasteiger charge is 2.36. The summed E-state index contributed by atoms with van der Waals surface area (Å²) >= 11 is 6.27. The van der Waals surface area contributed by atoms with Crippen LogP contribution in [0, 0.1) is 0 Å². The highest BCUT2D eigenvalue weighted by molar-refractivity contribution is 7.92. The summed E-state index contributed by atoms with van der Waals surface area (Å²) in [4.78, 5) is 13.5. The lowest BCUT2D eigenvalue weighted by Crippen LogP contribution is -2.45. The van der Waals surface area contributed by atoms with Gasteiger partial charge in [-0.1, -0.05) is 11.6 Å². The molecule has 1 heterocycles. The van der Waals surface area contributed by atoms with Crippen molar-refractivity contribution in [3.8, 4) is 28.7 Å². The van der Waals surface area contributed by atoms with Gasteiger partial charge < -0.3 is 29.0 Å². The zero-order valence-corrected chi connectivity index (χ0v) is 25.3. The molecule has 3 aromatic rings. The van der Waals surface area contributed by atoms with Crippen LogP contribution in [0.2, 0.25) is 5.02 Å². The van der Waals surface area contributed by atoms with Crippen LogP contribution in [0.5, 0.6) is 28.7 Å². The second kappa shape index (κ2) is 12.0. The van der Waals surface area contributed by atoms with Gasteiger partial charge in [0.05, 0.1) is 45.1 Å². The number of methoxy groups -OCH3 is 4. The molecule has 0 radical (unpaired) electrons. The Bertz CT molecular complexity index is 1540. The maximum atomic E-state index is 14.1. The van der Waals surface area contributed by atoms with Gasteiger partial charge in [-0.3, -0.25) is 9.10 Å². The number of anilines is 1. The Hall–Kier alpha value is -3.83. The van der Waals surface area contributed by atoms with Gasteiger partial charge >= 0.3 is 0 Å². The first-order valence-electron chi connectivity index (χ1n) is 12.7. The van der Waals surface area contributed by atoms with Crippen molar-refractivity contribution in [1.82, 2.24) is 5.32 Å². The van der Waals surface area contributed by atoms with Gasteiger partial charge in [-0.2, -0.15) is 0 Å². The van der Waals surface area contributed by atoms with Crippen LogP contribution in [-0.2, 0) is 14.8 Å². The van der Waals surface area contributed by atoms with Crippen LogP contribution in [0.25, 0.3) is 0 Å². The van der Waals surface area contributed by atoms with Crippen molar-refractivity contribution in [3.05, 3.63) is 65.2 Å². The van der Waals surface area contributed by atoms with E-state index in [1.807, 2.05) is 13.8 Å². The number of carbonyl (C=O) groups excluding carboxylic acids is 1. The molecule has 0 spiro atoms. The van der Waals surface area contributed by atoms with Gasteiger partial charge in [0.25, 0.3) is 10.0 Å². The summed E-state index contributed by atoms with van der Waals surface area (Å²) in [5, 5.41) is 3.26. The summed E-state index contributed by atoms with van der Waals surface area (Å²) < 4.78 is 56.7. The third-order valence-corrected chi connectivity index (χ3v) is 8.64. The van der Waals surface area contributed by atoms with Crippen molar-refractivity contribution in [2.45, 2.75) is 36.8 Å². The van der Waals surface area contributed by atoms with E-state index in [2.05, 4.69) is 5.32 Å². The van der Waals surface area contributed by atoms with E-state index in [0.29, 0.717) is 23.7 Å². The topological polar surface area (TPSA) is 113 Å². The Balaban J connectivity index is 1.75. The first-order chi connectivity index (χ1) is 19.4. The summed E-state index contributed by atoms with van der Waals surface area (Å²) in [5.41, 5.74) is 0.243. The van der Waals surface area contributed by atoms with Gasteiger partial charge in [0, 0.05) is 23.1 Å². The molecule has 0 saturated carbocycles. The van der Waals surface area contributed by atoms with Gasteiger partial charge in [-0.15, -0.1) is 0 Å². The third-order valence-electron chi connectivity index (χ3n) is 6.65. The number of amides is 1. The van der Waals surface area contributed by atoms with Crippen LogP contribution in [0.15, 0.2) is 59.5 Å². The fourth-order valence-corrected chi connectivity index (χ4v) is 6.33. The Labute approximate surface area is 245 Å². The van der Waals surface area contributed by atoms with Crippen LogP contribution in [0.4, 0.5) is 5.69 Å². The minimum Gasteiger partial charge on any atom is -0.497 e. The monoisotopic (exact) mass is 604 g/mol. The number of fused-ring (bicyclic) bond motifs is 1. The van der Waals surface area contributed by atoms with Crippen molar-refractivity contribution in [2.24, 2.45) is 0 Å². The van der Waals surface area contributed by atoms with E-state index in [4.69, 9.17) is 35.3 Å². The summed E-state index contributed by atoms with van der Waals surface area (Å²) in [6.07, 6.45) is 0.446. The highest BCUT2D eigenvalue weighted by atomic mass is 35.5. The summed E-state index contributed by atoms with van der Waals surface area (Å²) in [5.74, 6) is 1.45. The molecule has 1 atom stereocenters. The Kier molecular flexibility index (Phi) is 8.79. The van der Waals surface area contributed by atoms with Crippen molar-refractivity contribution < 1.29 is 36.9 Å². The number of hydrogen-bond donors (Lipinski definition) is 1. The van der Waals surface area contributed by atoms with E-state index in [1.54, 1.807) is 31.4 Å². The molecule has 12 heteroatoms. The van der Waals surface area contributed by atoms with Gasteiger partial charge in [-0.05, 0) is 62.4 Å². The van der Waals surface area contributed by atoms with E-state index in [0.717, 1.165) is 9.87 Å². The molecule has 4 rings (SSSR count). The zero-order valence-electron chi connectivity index (χ0n) is 23.7. The second-order valence-corrected chi connectivity index (χ2v) is 12.2. The smallest absolute Gasteiger partial charge is 0.265 e. The Morgan fingerprint density at radius 1 is 0.951 bits per heavy atom. The average molecular weight is 605 g/mol. The molecule has 1 unspecified atom stereocenters. The number of rotatable bonds is 10. The SMILES string of the molecule is COc1ccc2c(c1)C(NC(=O)CN(c1cc(Cl)ccc1OC)S(=O)(=O)c1ccc(OC)c(OC)c1)CC(C)(C)O2. The molecule has 1 aliphatic rings. The highest BCUT2D eigenvalue weighted by Crippen LogP contribution is 2.42. The summed E-state index contributed by atoms with van der Waals surface area (Å²) in [6, 6.07) is 13.6. The zero-order chi connectivity index (χ0) is 29.9. The number of hydrogen-bond acceptors (Lipinski definition) is 8. The van der Waals surface area contributed by atoms with E-state index in [-0.39, 0.29) is 27.1 Å². The van der Waals surface area contributed by atoms with E-state index in [9.17, 15) is 13.2 Å². The molecule has 0 saturated heterocycles. The molecule has 1 N–H and O–H groups in total. The standard InChI is InChI=1S/C29H33ClN2O8S/c1-29(2)16-22(21-14-19(36-3)8-11-24(21)40-29)31-28(33)17-32(23-13-18(30)7-10-25(23)37-4)41(34,35)20-9-12-26(38-5)27(15-20)39-6/h7-15,22H,16-17H2,1-6H3,(H,31,33). The quantitative estimate of drug-likeness (QED) is 0.344. The predicted molar refractivity (Wildman–Crippen MR) is 155 cm³/mol. The largest absolute Gasteiger partial charge is 0.497 e. The lowest BCUT2D eigenvalue weighted by molar-refractivity contribution is -0.120. The van der Waals surface area contributed by atoms with Crippen molar-refractivity contribution >= 4 is 33.2 Å². The Morgan fingerprint density at radius 2 is 1.63 bits per heavy atom. The van der Waals surface area contributed by atoms with E-state index < -0.39 is 34.1 Å². The number of ether oxygens (including phenoxy) is 5. The molecule has 0 aliphatic carbocycles. The van der Waals surface area contributed by atoms with Crippen molar-refractivity contribution in [1.29, 1.82) is 0 Å². The molecular weight excluding hydrogens is 572 g/mol. The molecule has 0 aromatic heterocycles. The van der Waals surface area contributed by atoms with Gasteiger partial charge in [0.2, 0.25) is 5.91 Å². The van der Waals surface area contributed by atoms with Crippen molar-refractivity contribution in [2.75, 3.05) is 39.3 Å². The maximum Gasteiger partial charge on any atom is 0.265 e. The molecule has 0 bridgehead atoms. The lowest BCUT2D eigenvalue weighted by Gasteiger charge is -2.38. The van der Waals surface area contributed by atoms with Crippen LogP contribution in [0.1, 0.15) is 31.9 Å². The fourth-order valence-electron chi connectivity index (χ4n) is 4.72. The number of benzene rings is 3. The minimum absolute atomic E-state index is 0.0966. The van der Waals surface area contributed by atoms with E-state index in [1.165, 1.54) is 51.7 Å². The number of nitrogens with one attached hydrogen (secondary N) is 1. The molecule has 41 heavy (non-hydrogen) atoms. The second-order valence-electron chi connectivity index (χ2n) is 9.93. The molecular formula is C29H33ClN2O8S. The normalized spacial score (nSPS) is 15.6. The Morgan fingerprint density at radius 3 is 2.29 bits per heavy atom. The number of halogens is 1. The molecule has 1 amide bonds. The van der Waals surface area contributed by atoms with Gasteiger partial charge in [-0.25, -0.2) is 8.42 Å². The van der Waals surface area contributed by atoms with Crippen LogP contribution in [-0.4, -0.2) is 54.9 Å². The van der Waals surface area contributed by atoms with Crippen LogP contribution < -0.4 is 33.3 Å². The number of nitrogens with zero attached hydrogens (tertiary/aromatic N) is 1. The maximum absolute atomic E-state index is 14.1. The minimum atomic E-state index is -4.34. The van der Waals surface area contributed by atoms with Crippen LogP contribution in [0.3, 0.4) is 0 Å². The number of sulfonamides is 1. The lowest BCUT2D eigenvalue weighted by atomic mass is 9.89.